The van der Waals surface area contributed by atoms with Crippen molar-refractivity contribution in [3.63, 3.8) is 0 Å². The van der Waals surface area contributed by atoms with Gasteiger partial charge in [-0.25, -0.2) is 9.78 Å². The number of aryl methyl sites for hydroxylation is 1. The number of rotatable bonds is 2. The first-order valence-electron chi connectivity index (χ1n) is 6.93. The molecule has 1 aliphatic rings. The van der Waals surface area contributed by atoms with Gasteiger partial charge in [0.1, 0.15) is 0 Å². The lowest BCUT2D eigenvalue weighted by atomic mass is 9.80. The van der Waals surface area contributed by atoms with Gasteiger partial charge in [0.2, 0.25) is 0 Å². The van der Waals surface area contributed by atoms with Crippen LogP contribution in [-0.4, -0.2) is 26.3 Å². The lowest BCUT2D eigenvalue weighted by molar-refractivity contribution is 0.0696. The Balaban J connectivity index is 2.46. The minimum absolute atomic E-state index is 0.253. The Kier molecular flexibility index (Phi) is 2.64. The molecule has 0 aliphatic heterocycles. The summed E-state index contributed by atoms with van der Waals surface area (Å²) >= 11 is 0. The third kappa shape index (κ3) is 1.88. The average Bonchev–Trinajstić information content (AvgIpc) is 3.11. The van der Waals surface area contributed by atoms with Gasteiger partial charge in [-0.1, -0.05) is 20.8 Å². The van der Waals surface area contributed by atoms with E-state index in [9.17, 15) is 9.90 Å². The Bertz CT molecular complexity index is 706. The fraction of sp³-hybridized carbons (Fsp3) is 0.533. The largest absolute Gasteiger partial charge is 0.478 e. The second kappa shape index (κ2) is 4.04. The normalized spacial score (nSPS) is 15.8. The molecule has 0 spiro atoms. The van der Waals surface area contributed by atoms with Gasteiger partial charge in [-0.15, -0.1) is 0 Å². The van der Waals surface area contributed by atoms with E-state index in [1.807, 2.05) is 27.7 Å². The van der Waals surface area contributed by atoms with Gasteiger partial charge in [0.05, 0.1) is 16.6 Å². The number of H-pyrrole nitrogens is 1. The number of aromatic amines is 1. The summed E-state index contributed by atoms with van der Waals surface area (Å²) < 4.78 is 0. The Morgan fingerprint density at radius 3 is 2.50 bits per heavy atom. The van der Waals surface area contributed by atoms with Crippen molar-refractivity contribution in [2.45, 2.75) is 51.9 Å². The van der Waals surface area contributed by atoms with Crippen molar-refractivity contribution < 1.29 is 9.90 Å². The van der Waals surface area contributed by atoms with E-state index in [0.29, 0.717) is 22.5 Å². The summed E-state index contributed by atoms with van der Waals surface area (Å²) in [6.45, 7) is 7.98. The first-order valence-corrected chi connectivity index (χ1v) is 6.93. The molecule has 106 valence electrons. The number of carboxylic acid groups (broad SMARTS) is 1. The van der Waals surface area contributed by atoms with E-state index < -0.39 is 5.97 Å². The van der Waals surface area contributed by atoms with Gasteiger partial charge in [0, 0.05) is 11.6 Å². The maximum atomic E-state index is 11.9. The highest BCUT2D eigenvalue weighted by molar-refractivity contribution is 6.04. The minimum Gasteiger partial charge on any atom is -0.478 e. The molecule has 0 atom stereocenters. The Labute approximate surface area is 117 Å². The van der Waals surface area contributed by atoms with Crippen molar-refractivity contribution in [2.75, 3.05) is 0 Å². The van der Waals surface area contributed by atoms with Crippen LogP contribution in [0.15, 0.2) is 0 Å². The summed E-state index contributed by atoms with van der Waals surface area (Å²) in [5.74, 6) is -0.502. The van der Waals surface area contributed by atoms with Crippen LogP contribution in [0.1, 0.15) is 66.8 Å². The molecule has 5 heteroatoms. The molecule has 2 N–H and O–H groups in total. The van der Waals surface area contributed by atoms with Gasteiger partial charge in [-0.05, 0) is 30.7 Å². The molecule has 2 heterocycles. The van der Waals surface area contributed by atoms with Gasteiger partial charge in [-0.2, -0.15) is 5.10 Å². The van der Waals surface area contributed by atoms with E-state index in [1.54, 1.807) is 0 Å². The zero-order valence-corrected chi connectivity index (χ0v) is 12.2. The number of aromatic carboxylic acids is 1. The highest BCUT2D eigenvalue weighted by atomic mass is 16.4. The lowest BCUT2D eigenvalue weighted by Crippen LogP contribution is -2.21. The minimum atomic E-state index is -0.895. The molecule has 3 rings (SSSR count). The molecule has 0 unspecified atom stereocenters. The number of hydrogen-bond acceptors (Lipinski definition) is 3. The molecule has 20 heavy (non-hydrogen) atoms. The molecular weight excluding hydrogens is 254 g/mol. The standard InChI is InChI=1S/C15H19N3O2/c1-7-9-10(14(19)20)11(15(2,3)4)12(8-5-6-8)16-13(9)18-17-7/h8H,5-6H2,1-4H3,(H,19,20)(H,16,17,18). The van der Waals surface area contributed by atoms with E-state index in [-0.39, 0.29) is 5.41 Å². The molecule has 0 aromatic carbocycles. The van der Waals surface area contributed by atoms with Gasteiger partial charge in [0.25, 0.3) is 0 Å². The van der Waals surface area contributed by atoms with E-state index in [4.69, 9.17) is 0 Å². The number of hydrogen-bond donors (Lipinski definition) is 2. The predicted octanol–water partition coefficient (Wildman–Crippen LogP) is 3.14. The molecule has 2 aromatic heterocycles. The van der Waals surface area contributed by atoms with Crippen molar-refractivity contribution in [1.29, 1.82) is 0 Å². The van der Waals surface area contributed by atoms with Crippen LogP contribution in [-0.2, 0) is 5.41 Å². The third-order valence-corrected chi connectivity index (χ3v) is 3.84. The first-order chi connectivity index (χ1) is 9.30. The Morgan fingerprint density at radius 1 is 1.35 bits per heavy atom. The number of nitrogens with zero attached hydrogens (tertiary/aromatic N) is 2. The molecule has 1 saturated carbocycles. The number of pyridine rings is 1. The highest BCUT2D eigenvalue weighted by Gasteiger charge is 2.36. The summed E-state index contributed by atoms with van der Waals surface area (Å²) in [5.41, 5.74) is 3.19. The zero-order valence-electron chi connectivity index (χ0n) is 12.2. The van der Waals surface area contributed by atoms with Crippen LogP contribution >= 0.6 is 0 Å². The predicted molar refractivity (Wildman–Crippen MR) is 76.3 cm³/mol. The molecule has 0 saturated heterocycles. The van der Waals surface area contributed by atoms with Crippen LogP contribution in [0.25, 0.3) is 11.0 Å². The van der Waals surface area contributed by atoms with Crippen LogP contribution in [0.5, 0.6) is 0 Å². The molecular formula is C15H19N3O2. The SMILES string of the molecule is Cc1[nH]nc2nc(C3CC3)c(C(C)(C)C)c(C(=O)O)c12. The number of carbonyl (C=O) groups is 1. The number of nitrogens with one attached hydrogen (secondary N) is 1. The summed E-state index contributed by atoms with van der Waals surface area (Å²) in [6, 6.07) is 0. The zero-order chi connectivity index (χ0) is 14.7. The van der Waals surface area contributed by atoms with E-state index in [1.165, 1.54) is 0 Å². The van der Waals surface area contributed by atoms with Gasteiger partial charge in [0.15, 0.2) is 5.65 Å². The maximum Gasteiger partial charge on any atom is 0.336 e. The van der Waals surface area contributed by atoms with Crippen molar-refractivity contribution in [3.8, 4) is 0 Å². The van der Waals surface area contributed by atoms with Crippen molar-refractivity contribution in [2.24, 2.45) is 0 Å². The van der Waals surface area contributed by atoms with E-state index in [0.717, 1.165) is 29.8 Å². The molecule has 1 aliphatic carbocycles. The van der Waals surface area contributed by atoms with Crippen molar-refractivity contribution in [1.82, 2.24) is 15.2 Å². The molecule has 2 aromatic rings. The summed E-state index contributed by atoms with van der Waals surface area (Å²) in [4.78, 5) is 16.5. The fourth-order valence-electron chi connectivity index (χ4n) is 2.84. The van der Waals surface area contributed by atoms with Crippen molar-refractivity contribution >= 4 is 17.0 Å². The van der Waals surface area contributed by atoms with E-state index in [2.05, 4.69) is 15.2 Å². The van der Waals surface area contributed by atoms with Crippen LogP contribution in [0.3, 0.4) is 0 Å². The quantitative estimate of drug-likeness (QED) is 0.881. The van der Waals surface area contributed by atoms with Gasteiger partial charge in [-0.3, -0.25) is 5.10 Å². The molecule has 1 fully saturated rings. The molecule has 0 bridgehead atoms. The van der Waals surface area contributed by atoms with Crippen LogP contribution in [0.2, 0.25) is 0 Å². The summed E-state index contributed by atoms with van der Waals surface area (Å²) in [5, 5.41) is 17.4. The van der Waals surface area contributed by atoms with Crippen molar-refractivity contribution in [3.05, 3.63) is 22.5 Å². The molecule has 5 nitrogen and oxygen atoms in total. The van der Waals surface area contributed by atoms with Crippen LogP contribution < -0.4 is 0 Å². The number of fused-ring (bicyclic) bond motifs is 1. The average molecular weight is 273 g/mol. The topological polar surface area (TPSA) is 78.9 Å². The second-order valence-electron chi connectivity index (χ2n) is 6.62. The molecule has 0 amide bonds. The Morgan fingerprint density at radius 2 is 2.00 bits per heavy atom. The number of carboxylic acids is 1. The maximum absolute atomic E-state index is 11.9. The fourth-order valence-corrected chi connectivity index (χ4v) is 2.84. The van der Waals surface area contributed by atoms with Crippen LogP contribution in [0.4, 0.5) is 0 Å². The highest BCUT2D eigenvalue weighted by Crippen LogP contribution is 2.46. The van der Waals surface area contributed by atoms with Gasteiger partial charge >= 0.3 is 5.97 Å². The summed E-state index contributed by atoms with van der Waals surface area (Å²) in [7, 11) is 0. The second-order valence-corrected chi connectivity index (χ2v) is 6.62. The van der Waals surface area contributed by atoms with Crippen LogP contribution in [0, 0.1) is 6.92 Å². The molecule has 0 radical (unpaired) electrons. The van der Waals surface area contributed by atoms with Gasteiger partial charge < -0.3 is 5.11 Å². The Hall–Kier alpha value is -1.91. The monoisotopic (exact) mass is 273 g/mol. The van der Waals surface area contributed by atoms with E-state index >= 15 is 0 Å². The smallest absolute Gasteiger partial charge is 0.336 e. The number of aromatic nitrogens is 3. The third-order valence-electron chi connectivity index (χ3n) is 3.84. The summed E-state index contributed by atoms with van der Waals surface area (Å²) in [6.07, 6.45) is 2.17. The first kappa shape index (κ1) is 13.1. The lowest BCUT2D eigenvalue weighted by Gasteiger charge is -2.25.